The lowest BCUT2D eigenvalue weighted by molar-refractivity contribution is 0.622. The number of hydrogen-bond donors (Lipinski definition) is 1. The molecule has 0 aliphatic heterocycles. The summed E-state index contributed by atoms with van der Waals surface area (Å²) in [5.74, 6) is -0.182. The van der Waals surface area contributed by atoms with E-state index in [2.05, 4.69) is 15.3 Å². The number of rotatable bonds is 5. The first kappa shape index (κ1) is 11.7. The summed E-state index contributed by atoms with van der Waals surface area (Å²) in [5, 5.41) is 3.27. The third kappa shape index (κ3) is 3.92. The largest absolute Gasteiger partial charge is 0.312 e. The van der Waals surface area contributed by atoms with E-state index >= 15 is 0 Å². The first-order valence-corrected chi connectivity index (χ1v) is 5.53. The SMILES string of the molecule is Fc1cccc(CCNCc2cncnc2)c1. The van der Waals surface area contributed by atoms with Crippen LogP contribution in [0.25, 0.3) is 0 Å². The molecule has 0 aliphatic rings. The maximum Gasteiger partial charge on any atom is 0.123 e. The maximum atomic E-state index is 12.9. The van der Waals surface area contributed by atoms with Crippen LogP contribution in [0.15, 0.2) is 43.0 Å². The summed E-state index contributed by atoms with van der Waals surface area (Å²) < 4.78 is 12.9. The first-order valence-electron chi connectivity index (χ1n) is 5.53. The van der Waals surface area contributed by atoms with Crippen LogP contribution < -0.4 is 5.32 Å². The Morgan fingerprint density at radius 3 is 2.71 bits per heavy atom. The molecule has 0 spiro atoms. The number of nitrogens with zero attached hydrogens (tertiary/aromatic N) is 2. The van der Waals surface area contributed by atoms with Crippen molar-refractivity contribution in [3.05, 3.63) is 59.9 Å². The average Bonchev–Trinajstić information content (AvgIpc) is 2.36. The van der Waals surface area contributed by atoms with Crippen LogP contribution in [0.1, 0.15) is 11.1 Å². The molecule has 17 heavy (non-hydrogen) atoms. The Kier molecular flexibility index (Phi) is 4.16. The van der Waals surface area contributed by atoms with Gasteiger partial charge < -0.3 is 5.32 Å². The van der Waals surface area contributed by atoms with Gasteiger partial charge in [0.15, 0.2) is 0 Å². The van der Waals surface area contributed by atoms with Crippen molar-refractivity contribution >= 4 is 0 Å². The second-order valence-electron chi connectivity index (χ2n) is 3.80. The van der Waals surface area contributed by atoms with Gasteiger partial charge in [-0.05, 0) is 30.7 Å². The van der Waals surface area contributed by atoms with E-state index in [-0.39, 0.29) is 5.82 Å². The van der Waals surface area contributed by atoms with Crippen molar-refractivity contribution in [2.24, 2.45) is 0 Å². The predicted octanol–water partition coefficient (Wildman–Crippen LogP) is 1.95. The van der Waals surface area contributed by atoms with Crippen LogP contribution in [0.5, 0.6) is 0 Å². The number of halogens is 1. The second kappa shape index (κ2) is 6.06. The highest BCUT2D eigenvalue weighted by molar-refractivity contribution is 5.16. The predicted molar refractivity (Wildman–Crippen MR) is 63.8 cm³/mol. The fraction of sp³-hybridized carbons (Fsp3) is 0.231. The van der Waals surface area contributed by atoms with Gasteiger partial charge in [0.1, 0.15) is 12.1 Å². The van der Waals surface area contributed by atoms with Crippen LogP contribution >= 0.6 is 0 Å². The molecule has 0 fully saturated rings. The third-order valence-corrected chi connectivity index (χ3v) is 2.42. The summed E-state index contributed by atoms with van der Waals surface area (Å²) in [5.41, 5.74) is 2.05. The maximum absolute atomic E-state index is 12.9. The Hall–Kier alpha value is -1.81. The number of nitrogens with one attached hydrogen (secondary N) is 1. The molecule has 3 nitrogen and oxygen atoms in total. The van der Waals surface area contributed by atoms with Crippen LogP contribution in [0.4, 0.5) is 4.39 Å². The van der Waals surface area contributed by atoms with Gasteiger partial charge >= 0.3 is 0 Å². The Balaban J connectivity index is 1.73. The van der Waals surface area contributed by atoms with E-state index in [1.165, 1.54) is 12.4 Å². The smallest absolute Gasteiger partial charge is 0.123 e. The van der Waals surface area contributed by atoms with E-state index in [0.717, 1.165) is 30.6 Å². The molecule has 1 heterocycles. The molecule has 0 saturated carbocycles. The fourth-order valence-electron chi connectivity index (χ4n) is 1.58. The Morgan fingerprint density at radius 2 is 1.94 bits per heavy atom. The third-order valence-electron chi connectivity index (χ3n) is 2.42. The van der Waals surface area contributed by atoms with Crippen molar-refractivity contribution in [2.45, 2.75) is 13.0 Å². The topological polar surface area (TPSA) is 37.8 Å². The molecule has 0 unspecified atom stereocenters. The highest BCUT2D eigenvalue weighted by atomic mass is 19.1. The minimum Gasteiger partial charge on any atom is -0.312 e. The molecule has 4 heteroatoms. The van der Waals surface area contributed by atoms with Gasteiger partial charge in [-0.25, -0.2) is 14.4 Å². The van der Waals surface area contributed by atoms with Crippen molar-refractivity contribution in [1.29, 1.82) is 0 Å². The zero-order valence-electron chi connectivity index (χ0n) is 9.44. The van der Waals surface area contributed by atoms with E-state index in [1.807, 2.05) is 6.07 Å². The Labute approximate surface area is 99.7 Å². The summed E-state index contributed by atoms with van der Waals surface area (Å²) in [6.07, 6.45) is 5.88. The molecule has 0 amide bonds. The van der Waals surface area contributed by atoms with Crippen LogP contribution in [0.3, 0.4) is 0 Å². The number of aromatic nitrogens is 2. The molecule has 1 aromatic carbocycles. The molecule has 0 atom stereocenters. The molecule has 1 aromatic heterocycles. The lowest BCUT2D eigenvalue weighted by Gasteiger charge is -2.04. The van der Waals surface area contributed by atoms with Crippen molar-refractivity contribution in [3.63, 3.8) is 0 Å². The average molecular weight is 231 g/mol. The van der Waals surface area contributed by atoms with E-state index < -0.39 is 0 Å². The van der Waals surface area contributed by atoms with Crippen molar-refractivity contribution in [1.82, 2.24) is 15.3 Å². The molecule has 0 radical (unpaired) electrons. The molecule has 0 saturated heterocycles. The minimum absolute atomic E-state index is 0.182. The van der Waals surface area contributed by atoms with E-state index in [1.54, 1.807) is 24.5 Å². The summed E-state index contributed by atoms with van der Waals surface area (Å²) in [6.45, 7) is 1.54. The zero-order chi connectivity index (χ0) is 11.9. The molecular weight excluding hydrogens is 217 g/mol. The Bertz CT molecular complexity index is 459. The molecule has 2 rings (SSSR count). The summed E-state index contributed by atoms with van der Waals surface area (Å²) >= 11 is 0. The van der Waals surface area contributed by atoms with Crippen molar-refractivity contribution < 1.29 is 4.39 Å². The number of benzene rings is 1. The van der Waals surface area contributed by atoms with E-state index in [0.29, 0.717) is 0 Å². The van der Waals surface area contributed by atoms with Gasteiger partial charge in [0.05, 0.1) is 0 Å². The summed E-state index contributed by atoms with van der Waals surface area (Å²) in [4.78, 5) is 7.86. The summed E-state index contributed by atoms with van der Waals surface area (Å²) in [6, 6.07) is 6.68. The monoisotopic (exact) mass is 231 g/mol. The summed E-state index contributed by atoms with van der Waals surface area (Å²) in [7, 11) is 0. The van der Waals surface area contributed by atoms with E-state index in [4.69, 9.17) is 0 Å². The van der Waals surface area contributed by atoms with Gasteiger partial charge in [-0.1, -0.05) is 12.1 Å². The molecule has 0 bridgehead atoms. The molecule has 1 N–H and O–H groups in total. The normalized spacial score (nSPS) is 10.4. The van der Waals surface area contributed by atoms with Crippen molar-refractivity contribution in [2.75, 3.05) is 6.54 Å². The first-order chi connectivity index (χ1) is 8.34. The second-order valence-corrected chi connectivity index (χ2v) is 3.80. The number of hydrogen-bond acceptors (Lipinski definition) is 3. The van der Waals surface area contributed by atoms with Crippen LogP contribution in [-0.2, 0) is 13.0 Å². The van der Waals surface area contributed by atoms with Gasteiger partial charge in [-0.2, -0.15) is 0 Å². The minimum atomic E-state index is -0.182. The molecule has 88 valence electrons. The highest BCUT2D eigenvalue weighted by Gasteiger charge is 1.96. The Morgan fingerprint density at radius 1 is 1.12 bits per heavy atom. The molecular formula is C13H14FN3. The van der Waals surface area contributed by atoms with Crippen LogP contribution in [0.2, 0.25) is 0 Å². The quantitative estimate of drug-likeness (QED) is 0.799. The lowest BCUT2D eigenvalue weighted by atomic mass is 10.1. The fourth-order valence-corrected chi connectivity index (χ4v) is 1.58. The molecule has 0 aliphatic carbocycles. The van der Waals surface area contributed by atoms with E-state index in [9.17, 15) is 4.39 Å². The van der Waals surface area contributed by atoms with Gasteiger partial charge in [0.25, 0.3) is 0 Å². The highest BCUT2D eigenvalue weighted by Crippen LogP contribution is 2.03. The standard InChI is InChI=1S/C13H14FN3/c14-13-3-1-2-11(6-13)4-5-15-7-12-8-16-10-17-9-12/h1-3,6,8-10,15H,4-5,7H2. The van der Waals surface area contributed by atoms with Crippen LogP contribution in [-0.4, -0.2) is 16.5 Å². The zero-order valence-corrected chi connectivity index (χ0v) is 9.44. The molecule has 2 aromatic rings. The van der Waals surface area contributed by atoms with Gasteiger partial charge in [-0.15, -0.1) is 0 Å². The van der Waals surface area contributed by atoms with Gasteiger partial charge in [-0.3, -0.25) is 0 Å². The van der Waals surface area contributed by atoms with Gasteiger partial charge in [0.2, 0.25) is 0 Å². The van der Waals surface area contributed by atoms with Crippen molar-refractivity contribution in [3.8, 4) is 0 Å². The van der Waals surface area contributed by atoms with Crippen LogP contribution in [0, 0.1) is 5.82 Å². The van der Waals surface area contributed by atoms with Gasteiger partial charge in [0, 0.05) is 24.5 Å². The lowest BCUT2D eigenvalue weighted by Crippen LogP contribution is -2.16.